The molecule has 4 heterocycles. The van der Waals surface area contributed by atoms with Gasteiger partial charge in [-0.15, -0.1) is 0 Å². The molecule has 0 unspecified atom stereocenters. The van der Waals surface area contributed by atoms with Crippen molar-refractivity contribution in [3.63, 3.8) is 0 Å². The minimum atomic E-state index is 0.107. The highest BCUT2D eigenvalue weighted by Gasteiger charge is 2.42. The first-order valence-electron chi connectivity index (χ1n) is 18.0. The van der Waals surface area contributed by atoms with Crippen molar-refractivity contribution in [1.82, 2.24) is 9.13 Å². The van der Waals surface area contributed by atoms with Gasteiger partial charge in [0.05, 0.1) is 16.7 Å². The summed E-state index contributed by atoms with van der Waals surface area (Å²) < 4.78 is 5.29. The van der Waals surface area contributed by atoms with E-state index in [0.717, 1.165) is 0 Å². The molecule has 51 heavy (non-hydrogen) atoms. The molecule has 0 saturated carbocycles. The van der Waals surface area contributed by atoms with Crippen LogP contribution in [0.1, 0.15) is 0 Å². The Hall–Kier alpha value is -6.58. The van der Waals surface area contributed by atoms with Crippen LogP contribution >= 0.6 is 0 Å². The van der Waals surface area contributed by atoms with Crippen molar-refractivity contribution in [3.8, 4) is 11.4 Å². The Bertz CT molecular complexity index is 3600. The first kappa shape index (κ1) is 25.4. The highest BCUT2D eigenvalue weighted by Crippen LogP contribution is 2.47. The van der Waals surface area contributed by atoms with Gasteiger partial charge in [0.15, 0.2) is 0 Å². The number of hydrogen-bond acceptors (Lipinski definition) is 0. The van der Waals surface area contributed by atoms with Crippen LogP contribution in [-0.4, -0.2) is 15.8 Å². The Balaban J connectivity index is 1.28. The van der Waals surface area contributed by atoms with Gasteiger partial charge < -0.3 is 9.13 Å². The summed E-state index contributed by atoms with van der Waals surface area (Å²) in [6, 6.07) is 57.7. The summed E-state index contributed by atoms with van der Waals surface area (Å²) >= 11 is 0. The lowest BCUT2D eigenvalue weighted by Gasteiger charge is -2.34. The number of aromatic nitrogens is 2. The molecule has 0 N–H and O–H groups in total. The molecule has 0 aliphatic carbocycles. The Labute approximate surface area is 291 Å². The normalized spacial score (nSPS) is 13.5. The fraction of sp³-hybridized carbons (Fsp3) is 0. The zero-order chi connectivity index (χ0) is 32.7. The van der Waals surface area contributed by atoms with E-state index in [9.17, 15) is 0 Å². The molecule has 230 valence electrons. The van der Waals surface area contributed by atoms with Crippen LogP contribution in [0, 0.1) is 0 Å². The summed E-state index contributed by atoms with van der Waals surface area (Å²) in [6.07, 6.45) is 0. The molecule has 12 aromatic rings. The second kappa shape index (κ2) is 8.41. The summed E-state index contributed by atoms with van der Waals surface area (Å²) in [5, 5.41) is 18.5. The zero-order valence-corrected chi connectivity index (χ0v) is 27.4. The molecule has 0 atom stereocenters. The SMILES string of the molecule is c1ccc2cc3c(cc2c1)c1cccc2c1n3-c1c3c(cc4ccccc14)-n1c4c(cccc4c4c5cccc6ccc7cccc(c7c65)c41)B32. The third-order valence-electron chi connectivity index (χ3n) is 12.5. The maximum absolute atomic E-state index is 2.66. The van der Waals surface area contributed by atoms with Gasteiger partial charge in [0.2, 0.25) is 0 Å². The smallest absolute Gasteiger partial charge is 0.252 e. The zero-order valence-electron chi connectivity index (χ0n) is 27.4. The van der Waals surface area contributed by atoms with Crippen molar-refractivity contribution in [3.05, 3.63) is 152 Å². The van der Waals surface area contributed by atoms with Crippen molar-refractivity contribution < 1.29 is 0 Å². The second-order valence-corrected chi connectivity index (χ2v) is 14.8. The lowest BCUT2D eigenvalue weighted by Crippen LogP contribution is -2.59. The van der Waals surface area contributed by atoms with Crippen LogP contribution in [0.4, 0.5) is 0 Å². The van der Waals surface area contributed by atoms with Crippen LogP contribution in [0.3, 0.4) is 0 Å². The van der Waals surface area contributed by atoms with Crippen molar-refractivity contribution >= 4 is 121 Å². The van der Waals surface area contributed by atoms with E-state index in [1.807, 2.05) is 0 Å². The highest BCUT2D eigenvalue weighted by atomic mass is 15.0. The molecule has 2 aliphatic heterocycles. The Morgan fingerprint density at radius 3 is 1.71 bits per heavy atom. The maximum Gasteiger partial charge on any atom is 0.252 e. The topological polar surface area (TPSA) is 9.86 Å². The Kier molecular flexibility index (Phi) is 4.19. The summed E-state index contributed by atoms with van der Waals surface area (Å²) in [6.45, 7) is 0.107. The number of para-hydroxylation sites is 2. The number of rotatable bonds is 0. The van der Waals surface area contributed by atoms with Crippen LogP contribution in [-0.2, 0) is 0 Å². The Morgan fingerprint density at radius 1 is 0.353 bits per heavy atom. The molecular formula is C48H25BN2. The molecule has 0 bridgehead atoms. The summed E-state index contributed by atoms with van der Waals surface area (Å²) in [4.78, 5) is 0. The van der Waals surface area contributed by atoms with Gasteiger partial charge in [-0.3, -0.25) is 0 Å². The van der Waals surface area contributed by atoms with E-state index in [2.05, 4.69) is 161 Å². The van der Waals surface area contributed by atoms with Crippen LogP contribution < -0.4 is 16.4 Å². The quantitative estimate of drug-likeness (QED) is 0.115. The monoisotopic (exact) mass is 640 g/mol. The van der Waals surface area contributed by atoms with E-state index < -0.39 is 0 Å². The molecule has 2 aliphatic rings. The van der Waals surface area contributed by atoms with E-state index in [-0.39, 0.29) is 6.71 Å². The van der Waals surface area contributed by atoms with E-state index >= 15 is 0 Å². The number of nitrogens with zero attached hydrogens (tertiary/aromatic N) is 2. The third kappa shape index (κ3) is 2.76. The van der Waals surface area contributed by atoms with Crippen molar-refractivity contribution in [2.24, 2.45) is 0 Å². The molecule has 14 rings (SSSR count). The van der Waals surface area contributed by atoms with E-state index in [1.54, 1.807) is 0 Å². The lowest BCUT2D eigenvalue weighted by molar-refractivity contribution is 1.16. The largest absolute Gasteiger partial charge is 0.310 e. The van der Waals surface area contributed by atoms with Gasteiger partial charge >= 0.3 is 0 Å². The van der Waals surface area contributed by atoms with E-state index in [1.165, 1.54) is 125 Å². The van der Waals surface area contributed by atoms with Crippen molar-refractivity contribution in [2.75, 3.05) is 0 Å². The molecule has 3 heteroatoms. The molecule has 2 aromatic heterocycles. The summed E-state index contributed by atoms with van der Waals surface area (Å²) in [5.41, 5.74) is 12.1. The molecule has 0 radical (unpaired) electrons. The molecule has 2 nitrogen and oxygen atoms in total. The van der Waals surface area contributed by atoms with E-state index in [0.29, 0.717) is 0 Å². The third-order valence-corrected chi connectivity index (χ3v) is 12.5. The standard InChI is InChI=1S/C48H25BN2/c1-2-10-29-24-39-36(23-28(29)9-1)32-15-7-19-37-45(32)50(39)48-31-14-4-3-11-30(31)25-40-44(48)49(37)38-20-8-18-35-43-33-16-5-12-26-21-22-27-13-6-17-34(42(27)41(26)33)47(43)51(40)46(35)38/h1-25H. The van der Waals surface area contributed by atoms with E-state index in [4.69, 9.17) is 0 Å². The molecule has 10 aromatic carbocycles. The summed E-state index contributed by atoms with van der Waals surface area (Å²) in [5.74, 6) is 0. The number of hydrogen-bond donors (Lipinski definition) is 0. The van der Waals surface area contributed by atoms with Gasteiger partial charge in [-0.25, -0.2) is 0 Å². The molecular weight excluding hydrogens is 615 g/mol. The van der Waals surface area contributed by atoms with Crippen LogP contribution in [0.15, 0.2) is 152 Å². The van der Waals surface area contributed by atoms with Crippen molar-refractivity contribution in [1.29, 1.82) is 0 Å². The van der Waals surface area contributed by atoms with Gasteiger partial charge in [0, 0.05) is 49.0 Å². The molecule has 0 fully saturated rings. The predicted molar refractivity (Wildman–Crippen MR) is 218 cm³/mol. The Morgan fingerprint density at radius 2 is 0.922 bits per heavy atom. The molecule has 0 saturated heterocycles. The highest BCUT2D eigenvalue weighted by molar-refractivity contribution is 7.00. The average Bonchev–Trinajstić information content (AvgIpc) is 3.70. The first-order chi connectivity index (χ1) is 25.3. The van der Waals surface area contributed by atoms with Gasteiger partial charge in [0.25, 0.3) is 6.71 Å². The number of benzene rings is 10. The lowest BCUT2D eigenvalue weighted by atomic mass is 9.34. The van der Waals surface area contributed by atoms with Crippen LogP contribution in [0.25, 0.3) is 109 Å². The summed E-state index contributed by atoms with van der Waals surface area (Å²) in [7, 11) is 0. The molecule has 0 amide bonds. The van der Waals surface area contributed by atoms with Crippen LogP contribution in [0.5, 0.6) is 0 Å². The second-order valence-electron chi connectivity index (χ2n) is 14.8. The average molecular weight is 641 g/mol. The number of fused-ring (bicyclic) bond motifs is 15. The van der Waals surface area contributed by atoms with Crippen molar-refractivity contribution in [2.45, 2.75) is 0 Å². The maximum atomic E-state index is 2.66. The van der Waals surface area contributed by atoms with Gasteiger partial charge in [-0.05, 0) is 77.7 Å². The fourth-order valence-electron chi connectivity index (χ4n) is 10.7. The van der Waals surface area contributed by atoms with Gasteiger partial charge in [-0.1, -0.05) is 133 Å². The minimum Gasteiger partial charge on any atom is -0.310 e. The van der Waals surface area contributed by atoms with Crippen LogP contribution in [0.2, 0.25) is 0 Å². The first-order valence-corrected chi connectivity index (χ1v) is 18.0. The predicted octanol–water partition coefficient (Wildman–Crippen LogP) is 10.2. The fourth-order valence-corrected chi connectivity index (χ4v) is 10.7. The molecule has 0 spiro atoms. The van der Waals surface area contributed by atoms with Gasteiger partial charge in [-0.2, -0.15) is 0 Å². The minimum absolute atomic E-state index is 0.107. The van der Waals surface area contributed by atoms with Gasteiger partial charge in [0.1, 0.15) is 0 Å².